The third kappa shape index (κ3) is 5.56. The van der Waals surface area contributed by atoms with Gasteiger partial charge in [0.2, 0.25) is 0 Å². The number of hydrogen-bond donors (Lipinski definition) is 1. The lowest BCUT2D eigenvalue weighted by molar-refractivity contribution is -0.138. The molecule has 1 aromatic rings. The molecule has 0 unspecified atom stereocenters. The van der Waals surface area contributed by atoms with E-state index in [1.54, 1.807) is 24.3 Å². The Kier molecular flexibility index (Phi) is 6.26. The molecule has 0 bridgehead atoms. The molecule has 0 aliphatic heterocycles. The molecule has 6 nitrogen and oxygen atoms in total. The summed E-state index contributed by atoms with van der Waals surface area (Å²) in [6.45, 7) is 3.86. The second-order valence-electron chi connectivity index (χ2n) is 4.39. The number of esters is 2. The molecule has 1 N–H and O–H groups in total. The van der Waals surface area contributed by atoms with Crippen molar-refractivity contribution in [1.29, 1.82) is 0 Å². The van der Waals surface area contributed by atoms with Crippen molar-refractivity contribution in [2.24, 2.45) is 0 Å². The quantitative estimate of drug-likeness (QED) is 0.639. The SMILES string of the molecule is COC(=O)/C=C(/Nc1ccc(OC(C)C)cc1)C(=O)OC. The number of rotatable bonds is 6. The van der Waals surface area contributed by atoms with E-state index >= 15 is 0 Å². The highest BCUT2D eigenvalue weighted by Gasteiger charge is 2.12. The number of methoxy groups -OCH3 is 2. The van der Waals surface area contributed by atoms with Crippen molar-refractivity contribution < 1.29 is 23.8 Å². The predicted molar refractivity (Wildman–Crippen MR) is 77.9 cm³/mol. The summed E-state index contributed by atoms with van der Waals surface area (Å²) >= 11 is 0. The summed E-state index contributed by atoms with van der Waals surface area (Å²) in [4.78, 5) is 22.8. The lowest BCUT2D eigenvalue weighted by atomic mass is 10.2. The summed E-state index contributed by atoms with van der Waals surface area (Å²) in [5.41, 5.74) is 0.605. The smallest absolute Gasteiger partial charge is 0.354 e. The van der Waals surface area contributed by atoms with Crippen molar-refractivity contribution in [2.45, 2.75) is 20.0 Å². The lowest BCUT2D eigenvalue weighted by Crippen LogP contribution is -2.15. The van der Waals surface area contributed by atoms with E-state index in [4.69, 9.17) is 4.74 Å². The highest BCUT2D eigenvalue weighted by molar-refractivity contribution is 5.98. The van der Waals surface area contributed by atoms with Gasteiger partial charge in [-0.25, -0.2) is 9.59 Å². The van der Waals surface area contributed by atoms with Gasteiger partial charge in [0.25, 0.3) is 0 Å². The fourth-order valence-corrected chi connectivity index (χ4v) is 1.48. The molecule has 0 saturated heterocycles. The van der Waals surface area contributed by atoms with Crippen LogP contribution in [-0.4, -0.2) is 32.3 Å². The Morgan fingerprint density at radius 2 is 1.71 bits per heavy atom. The van der Waals surface area contributed by atoms with Crippen LogP contribution in [0.3, 0.4) is 0 Å². The van der Waals surface area contributed by atoms with Crippen LogP contribution in [0, 0.1) is 0 Å². The maximum atomic E-state index is 11.6. The van der Waals surface area contributed by atoms with Crippen molar-refractivity contribution >= 4 is 17.6 Å². The van der Waals surface area contributed by atoms with E-state index in [1.165, 1.54) is 14.2 Å². The predicted octanol–water partition coefficient (Wildman–Crippen LogP) is 2.12. The fraction of sp³-hybridized carbons (Fsp3) is 0.333. The van der Waals surface area contributed by atoms with Crippen molar-refractivity contribution in [3.8, 4) is 5.75 Å². The van der Waals surface area contributed by atoms with Gasteiger partial charge in [0.1, 0.15) is 11.4 Å². The van der Waals surface area contributed by atoms with Crippen LogP contribution in [-0.2, 0) is 19.1 Å². The zero-order valence-corrected chi connectivity index (χ0v) is 12.5. The molecule has 114 valence electrons. The van der Waals surface area contributed by atoms with Gasteiger partial charge in [-0.05, 0) is 38.1 Å². The number of ether oxygens (including phenoxy) is 3. The fourth-order valence-electron chi connectivity index (χ4n) is 1.48. The van der Waals surface area contributed by atoms with Crippen LogP contribution in [0.5, 0.6) is 5.75 Å². The Bertz CT molecular complexity index is 519. The van der Waals surface area contributed by atoms with Gasteiger partial charge in [-0.3, -0.25) is 0 Å². The number of anilines is 1. The molecule has 0 amide bonds. The second kappa shape index (κ2) is 7.94. The van der Waals surface area contributed by atoms with Crippen LogP contribution in [0.1, 0.15) is 13.8 Å². The van der Waals surface area contributed by atoms with Gasteiger partial charge < -0.3 is 19.5 Å². The molecule has 0 aliphatic carbocycles. The maximum Gasteiger partial charge on any atom is 0.354 e. The molecule has 0 heterocycles. The van der Waals surface area contributed by atoms with Gasteiger partial charge in [0.15, 0.2) is 0 Å². The van der Waals surface area contributed by atoms with E-state index in [9.17, 15) is 9.59 Å². The highest BCUT2D eigenvalue weighted by atomic mass is 16.5. The summed E-state index contributed by atoms with van der Waals surface area (Å²) in [5.74, 6) is -0.599. The second-order valence-corrected chi connectivity index (χ2v) is 4.39. The molecule has 0 radical (unpaired) electrons. The Morgan fingerprint density at radius 1 is 1.10 bits per heavy atom. The van der Waals surface area contributed by atoms with Gasteiger partial charge >= 0.3 is 11.9 Å². The van der Waals surface area contributed by atoms with Crippen molar-refractivity contribution in [2.75, 3.05) is 19.5 Å². The Hall–Kier alpha value is -2.50. The molecule has 1 aromatic carbocycles. The first-order valence-electron chi connectivity index (χ1n) is 6.38. The molecule has 0 aromatic heterocycles. The third-order valence-electron chi connectivity index (χ3n) is 2.37. The average Bonchev–Trinajstić information content (AvgIpc) is 2.46. The van der Waals surface area contributed by atoms with Crippen molar-refractivity contribution in [1.82, 2.24) is 0 Å². The summed E-state index contributed by atoms with van der Waals surface area (Å²) < 4.78 is 14.6. The first kappa shape index (κ1) is 16.6. The van der Waals surface area contributed by atoms with E-state index in [0.29, 0.717) is 11.4 Å². The maximum absolute atomic E-state index is 11.6. The van der Waals surface area contributed by atoms with Crippen LogP contribution in [0.4, 0.5) is 5.69 Å². The molecule has 0 atom stereocenters. The minimum atomic E-state index is -0.664. The summed E-state index contributed by atoms with van der Waals surface area (Å²) in [5, 5.41) is 2.81. The first-order valence-corrected chi connectivity index (χ1v) is 6.38. The molecule has 6 heteroatoms. The van der Waals surface area contributed by atoms with E-state index in [-0.39, 0.29) is 11.8 Å². The van der Waals surface area contributed by atoms with Crippen LogP contribution < -0.4 is 10.1 Å². The van der Waals surface area contributed by atoms with E-state index < -0.39 is 11.9 Å². The summed E-state index contributed by atoms with van der Waals surface area (Å²) in [6.07, 6.45) is 1.11. The third-order valence-corrected chi connectivity index (χ3v) is 2.37. The van der Waals surface area contributed by atoms with Crippen LogP contribution in [0.15, 0.2) is 36.0 Å². The summed E-state index contributed by atoms with van der Waals surface area (Å²) in [6, 6.07) is 6.97. The number of nitrogens with one attached hydrogen (secondary N) is 1. The molecule has 0 spiro atoms. The van der Waals surface area contributed by atoms with Crippen LogP contribution in [0.2, 0.25) is 0 Å². The lowest BCUT2D eigenvalue weighted by Gasteiger charge is -2.12. The molecule has 21 heavy (non-hydrogen) atoms. The average molecular weight is 293 g/mol. The standard InChI is InChI=1S/C15H19NO5/c1-10(2)21-12-7-5-11(6-8-12)16-13(15(18)20-4)9-14(17)19-3/h5-10,16H,1-4H3/b13-9+. The summed E-state index contributed by atoms with van der Waals surface area (Å²) in [7, 11) is 2.46. The monoisotopic (exact) mass is 293 g/mol. The highest BCUT2D eigenvalue weighted by Crippen LogP contribution is 2.18. The van der Waals surface area contributed by atoms with Gasteiger partial charge in [0, 0.05) is 5.69 Å². The van der Waals surface area contributed by atoms with Crippen LogP contribution >= 0.6 is 0 Å². The molecular weight excluding hydrogens is 274 g/mol. The number of benzene rings is 1. The Balaban J connectivity index is 2.86. The van der Waals surface area contributed by atoms with Gasteiger partial charge in [-0.15, -0.1) is 0 Å². The minimum Gasteiger partial charge on any atom is -0.491 e. The Morgan fingerprint density at radius 3 is 2.19 bits per heavy atom. The van der Waals surface area contributed by atoms with Crippen molar-refractivity contribution in [3.63, 3.8) is 0 Å². The molecule has 0 saturated carbocycles. The first-order chi connectivity index (χ1) is 9.96. The van der Waals surface area contributed by atoms with E-state index in [1.807, 2.05) is 13.8 Å². The van der Waals surface area contributed by atoms with Gasteiger partial charge in [-0.2, -0.15) is 0 Å². The van der Waals surface area contributed by atoms with Crippen LogP contribution in [0.25, 0.3) is 0 Å². The molecular formula is C15H19NO5. The zero-order valence-electron chi connectivity index (χ0n) is 12.5. The van der Waals surface area contributed by atoms with Gasteiger partial charge in [-0.1, -0.05) is 0 Å². The minimum absolute atomic E-state index is 0.0122. The number of carbonyl (C=O) groups excluding carboxylic acids is 2. The number of carbonyl (C=O) groups is 2. The normalized spacial score (nSPS) is 11.0. The molecule has 1 rings (SSSR count). The van der Waals surface area contributed by atoms with Crippen molar-refractivity contribution in [3.05, 3.63) is 36.0 Å². The Labute approximate surface area is 123 Å². The van der Waals surface area contributed by atoms with E-state index in [2.05, 4.69) is 14.8 Å². The van der Waals surface area contributed by atoms with E-state index in [0.717, 1.165) is 6.08 Å². The topological polar surface area (TPSA) is 73.9 Å². The largest absolute Gasteiger partial charge is 0.491 e. The molecule has 0 aliphatic rings. The number of hydrogen-bond acceptors (Lipinski definition) is 6. The van der Waals surface area contributed by atoms with Gasteiger partial charge in [0.05, 0.1) is 26.4 Å². The zero-order chi connectivity index (χ0) is 15.8. The molecule has 0 fully saturated rings.